The van der Waals surface area contributed by atoms with Gasteiger partial charge in [-0.05, 0) is 37.8 Å². The summed E-state index contributed by atoms with van der Waals surface area (Å²) < 4.78 is 1.87. The minimum Gasteiger partial charge on any atom is -0.478 e. The zero-order valence-corrected chi connectivity index (χ0v) is 12.4. The average molecular weight is 291 g/mol. The normalized spacial score (nSPS) is 11.2. The number of aromatic carboxylic acids is 1. The molecule has 21 heavy (non-hydrogen) atoms. The standard InChI is InChI=1S/C16H21NO4/c1-10-5-6-13-12(4-3-8-18)11(2)17(7-9-19)15(13)14(10)16(20)21/h5-6,18-19H,3-4,7-9H2,1-2H3,(H,20,21). The van der Waals surface area contributed by atoms with Gasteiger partial charge in [0.2, 0.25) is 0 Å². The van der Waals surface area contributed by atoms with E-state index in [1.54, 1.807) is 6.92 Å². The van der Waals surface area contributed by atoms with Gasteiger partial charge in [-0.15, -0.1) is 0 Å². The lowest BCUT2D eigenvalue weighted by atomic mass is 10.0. The minimum absolute atomic E-state index is 0.0446. The van der Waals surface area contributed by atoms with Crippen LogP contribution in [-0.2, 0) is 13.0 Å². The molecule has 0 aliphatic carbocycles. The van der Waals surface area contributed by atoms with Crippen LogP contribution in [0.1, 0.15) is 33.6 Å². The third kappa shape index (κ3) is 2.66. The van der Waals surface area contributed by atoms with Gasteiger partial charge in [0.25, 0.3) is 0 Å². The lowest BCUT2D eigenvalue weighted by Crippen LogP contribution is -2.09. The van der Waals surface area contributed by atoms with Crippen molar-refractivity contribution in [3.63, 3.8) is 0 Å². The molecule has 5 heteroatoms. The number of carboxylic acid groups (broad SMARTS) is 1. The number of aryl methyl sites for hydroxylation is 2. The Morgan fingerprint density at radius 3 is 2.48 bits per heavy atom. The molecule has 0 aliphatic rings. The third-order valence-corrected chi connectivity index (χ3v) is 3.95. The van der Waals surface area contributed by atoms with Gasteiger partial charge >= 0.3 is 5.97 Å². The van der Waals surface area contributed by atoms with E-state index in [9.17, 15) is 15.0 Å². The summed E-state index contributed by atoms with van der Waals surface area (Å²) in [4.78, 5) is 11.6. The Morgan fingerprint density at radius 1 is 1.19 bits per heavy atom. The molecule has 2 rings (SSSR count). The summed E-state index contributed by atoms with van der Waals surface area (Å²) in [6.07, 6.45) is 1.33. The highest BCUT2D eigenvalue weighted by molar-refractivity contribution is 6.05. The zero-order chi connectivity index (χ0) is 15.6. The molecule has 2 aromatic rings. The number of hydrogen-bond acceptors (Lipinski definition) is 3. The molecule has 0 unspecified atom stereocenters. The van der Waals surface area contributed by atoms with Crippen LogP contribution in [0.15, 0.2) is 12.1 Å². The lowest BCUT2D eigenvalue weighted by Gasteiger charge is -2.09. The first kappa shape index (κ1) is 15.5. The molecule has 0 saturated heterocycles. The van der Waals surface area contributed by atoms with E-state index in [1.807, 2.05) is 23.6 Å². The maximum atomic E-state index is 11.6. The molecule has 0 aliphatic heterocycles. The van der Waals surface area contributed by atoms with Gasteiger partial charge in [-0.3, -0.25) is 0 Å². The van der Waals surface area contributed by atoms with Gasteiger partial charge in [0.15, 0.2) is 0 Å². The fraction of sp³-hybridized carbons (Fsp3) is 0.438. The SMILES string of the molecule is Cc1ccc2c(CCCO)c(C)n(CCO)c2c1C(=O)O. The molecule has 0 amide bonds. The van der Waals surface area contributed by atoms with Crippen LogP contribution >= 0.6 is 0 Å². The number of carboxylic acids is 1. The number of carbonyl (C=O) groups is 1. The van der Waals surface area contributed by atoms with Crippen LogP contribution in [0.5, 0.6) is 0 Å². The van der Waals surface area contributed by atoms with Crippen LogP contribution in [0.3, 0.4) is 0 Å². The van der Waals surface area contributed by atoms with Gasteiger partial charge in [-0.1, -0.05) is 12.1 Å². The van der Waals surface area contributed by atoms with Gasteiger partial charge in [0, 0.05) is 24.2 Å². The zero-order valence-electron chi connectivity index (χ0n) is 12.4. The molecule has 0 saturated carbocycles. The second kappa shape index (κ2) is 6.28. The van der Waals surface area contributed by atoms with E-state index in [1.165, 1.54) is 0 Å². The van der Waals surface area contributed by atoms with Crippen LogP contribution in [0.4, 0.5) is 0 Å². The second-order valence-corrected chi connectivity index (χ2v) is 5.23. The highest BCUT2D eigenvalue weighted by atomic mass is 16.4. The van der Waals surface area contributed by atoms with Gasteiger partial charge in [-0.2, -0.15) is 0 Å². The lowest BCUT2D eigenvalue weighted by molar-refractivity contribution is 0.0697. The second-order valence-electron chi connectivity index (χ2n) is 5.23. The summed E-state index contributed by atoms with van der Waals surface area (Å²) in [5.41, 5.74) is 3.68. The highest BCUT2D eigenvalue weighted by Crippen LogP contribution is 2.31. The maximum absolute atomic E-state index is 11.6. The molecule has 1 heterocycles. The fourth-order valence-electron chi connectivity index (χ4n) is 2.96. The third-order valence-electron chi connectivity index (χ3n) is 3.95. The first-order chi connectivity index (χ1) is 10.0. The highest BCUT2D eigenvalue weighted by Gasteiger charge is 2.21. The van der Waals surface area contributed by atoms with E-state index in [2.05, 4.69) is 0 Å². The largest absolute Gasteiger partial charge is 0.478 e. The van der Waals surface area contributed by atoms with Crippen LogP contribution < -0.4 is 0 Å². The summed E-state index contributed by atoms with van der Waals surface area (Å²) in [5, 5.41) is 28.7. The Kier molecular flexibility index (Phi) is 4.65. The first-order valence-electron chi connectivity index (χ1n) is 7.09. The van der Waals surface area contributed by atoms with E-state index in [0.717, 1.165) is 16.6 Å². The number of fused-ring (bicyclic) bond motifs is 1. The van der Waals surface area contributed by atoms with Gasteiger partial charge in [0.05, 0.1) is 17.7 Å². The van der Waals surface area contributed by atoms with Crippen LogP contribution in [0.2, 0.25) is 0 Å². The van der Waals surface area contributed by atoms with Crippen LogP contribution in [-0.4, -0.2) is 39.1 Å². The fourth-order valence-corrected chi connectivity index (χ4v) is 2.96. The molecular weight excluding hydrogens is 270 g/mol. The van der Waals surface area contributed by atoms with E-state index in [0.29, 0.717) is 36.0 Å². The van der Waals surface area contributed by atoms with Gasteiger partial charge in [-0.25, -0.2) is 4.79 Å². The Bertz CT molecular complexity index is 673. The monoisotopic (exact) mass is 291 g/mol. The van der Waals surface area contributed by atoms with Gasteiger partial charge < -0.3 is 19.9 Å². The minimum atomic E-state index is -0.955. The molecule has 0 radical (unpaired) electrons. The molecule has 0 fully saturated rings. The Labute approximate surface area is 123 Å². The van der Waals surface area contributed by atoms with Crippen molar-refractivity contribution in [2.45, 2.75) is 33.2 Å². The van der Waals surface area contributed by atoms with Crippen LogP contribution in [0.25, 0.3) is 10.9 Å². The van der Waals surface area contributed by atoms with Crippen molar-refractivity contribution in [3.8, 4) is 0 Å². The first-order valence-corrected chi connectivity index (χ1v) is 7.09. The van der Waals surface area contributed by atoms with Crippen LogP contribution in [0, 0.1) is 13.8 Å². The molecule has 0 bridgehead atoms. The maximum Gasteiger partial charge on any atom is 0.338 e. The number of hydrogen-bond donors (Lipinski definition) is 3. The smallest absolute Gasteiger partial charge is 0.338 e. The predicted octanol–water partition coefficient (Wildman–Crippen LogP) is 1.87. The molecule has 0 spiro atoms. The predicted molar refractivity (Wildman–Crippen MR) is 80.9 cm³/mol. The number of aliphatic hydroxyl groups is 2. The number of nitrogens with zero attached hydrogens (tertiary/aromatic N) is 1. The van der Waals surface area contributed by atoms with Crippen molar-refractivity contribution in [1.82, 2.24) is 4.57 Å². The Balaban J connectivity index is 2.80. The van der Waals surface area contributed by atoms with E-state index in [4.69, 9.17) is 5.11 Å². The summed E-state index contributed by atoms with van der Waals surface area (Å²) >= 11 is 0. The summed E-state index contributed by atoms with van der Waals surface area (Å²) in [7, 11) is 0. The van der Waals surface area contributed by atoms with Crippen molar-refractivity contribution in [2.75, 3.05) is 13.2 Å². The van der Waals surface area contributed by atoms with Gasteiger partial charge in [0.1, 0.15) is 0 Å². The molecule has 114 valence electrons. The molecular formula is C16H21NO4. The Hall–Kier alpha value is -1.85. The molecule has 1 aromatic heterocycles. The van der Waals surface area contributed by atoms with E-state index < -0.39 is 5.97 Å². The number of benzene rings is 1. The molecule has 0 atom stereocenters. The van der Waals surface area contributed by atoms with E-state index >= 15 is 0 Å². The average Bonchev–Trinajstić information content (AvgIpc) is 2.69. The number of rotatable bonds is 6. The molecule has 1 aromatic carbocycles. The molecule has 5 nitrogen and oxygen atoms in total. The van der Waals surface area contributed by atoms with E-state index in [-0.39, 0.29) is 13.2 Å². The van der Waals surface area contributed by atoms with Crippen molar-refractivity contribution in [2.24, 2.45) is 0 Å². The summed E-state index contributed by atoms with van der Waals surface area (Å²) in [6.45, 7) is 4.14. The summed E-state index contributed by atoms with van der Waals surface area (Å²) in [5.74, 6) is -0.955. The van der Waals surface area contributed by atoms with Crippen molar-refractivity contribution >= 4 is 16.9 Å². The Morgan fingerprint density at radius 2 is 1.90 bits per heavy atom. The van der Waals surface area contributed by atoms with Crippen molar-refractivity contribution < 1.29 is 20.1 Å². The quantitative estimate of drug-likeness (QED) is 0.759. The number of aliphatic hydroxyl groups excluding tert-OH is 2. The van der Waals surface area contributed by atoms with Crippen molar-refractivity contribution in [3.05, 3.63) is 34.5 Å². The topological polar surface area (TPSA) is 82.7 Å². The summed E-state index contributed by atoms with van der Waals surface area (Å²) in [6, 6.07) is 3.75. The molecule has 3 N–H and O–H groups in total. The van der Waals surface area contributed by atoms with Crippen molar-refractivity contribution in [1.29, 1.82) is 0 Å². The number of aromatic nitrogens is 1.